The third-order valence-electron chi connectivity index (χ3n) is 4.96. The van der Waals surface area contributed by atoms with E-state index in [0.29, 0.717) is 18.4 Å². The smallest absolute Gasteiger partial charge is 0.223 e. The topological polar surface area (TPSA) is 20.3 Å². The molecule has 2 nitrogen and oxygen atoms in total. The number of hydrogen-bond acceptors (Lipinski definition) is 1. The predicted octanol–water partition coefficient (Wildman–Crippen LogP) is 3.83. The van der Waals surface area contributed by atoms with Crippen molar-refractivity contribution in [3.8, 4) is 0 Å². The summed E-state index contributed by atoms with van der Waals surface area (Å²) in [4.78, 5) is 14.2. The molecular formula is C17H19F2NO. The molecule has 21 heavy (non-hydrogen) atoms. The fourth-order valence-corrected chi connectivity index (χ4v) is 4.03. The molecule has 0 N–H and O–H groups in total. The molecule has 2 heterocycles. The lowest BCUT2D eigenvalue weighted by molar-refractivity contribution is -0.131. The third kappa shape index (κ3) is 1.92. The average Bonchev–Trinajstić information content (AvgIpc) is 2.94. The number of amides is 1. The molecule has 0 aromatic heterocycles. The van der Waals surface area contributed by atoms with E-state index in [2.05, 4.69) is 6.58 Å². The van der Waals surface area contributed by atoms with E-state index >= 15 is 0 Å². The Kier molecular flexibility index (Phi) is 3.15. The zero-order valence-electron chi connectivity index (χ0n) is 12.4. The van der Waals surface area contributed by atoms with E-state index in [9.17, 15) is 13.6 Å². The lowest BCUT2D eigenvalue weighted by Gasteiger charge is -2.37. The Morgan fingerprint density at radius 2 is 2.00 bits per heavy atom. The Labute approximate surface area is 123 Å². The summed E-state index contributed by atoms with van der Waals surface area (Å²) in [6.45, 7) is 7.68. The molecule has 0 bridgehead atoms. The number of rotatable bonds is 2. The van der Waals surface area contributed by atoms with Crippen molar-refractivity contribution in [3.05, 3.63) is 47.0 Å². The monoisotopic (exact) mass is 291 g/mol. The van der Waals surface area contributed by atoms with Crippen molar-refractivity contribution in [3.63, 3.8) is 0 Å². The quantitative estimate of drug-likeness (QED) is 0.758. The maximum atomic E-state index is 13.7. The second kappa shape index (κ2) is 4.65. The van der Waals surface area contributed by atoms with Gasteiger partial charge in [0.25, 0.3) is 0 Å². The number of aryl methyl sites for hydroxylation is 1. The summed E-state index contributed by atoms with van der Waals surface area (Å²) in [6, 6.07) is 2.51. The van der Waals surface area contributed by atoms with Gasteiger partial charge in [-0.3, -0.25) is 4.79 Å². The number of carbonyl (C=O) groups excluding carboxylic acids is 1. The molecular weight excluding hydrogens is 272 g/mol. The van der Waals surface area contributed by atoms with Gasteiger partial charge in [0, 0.05) is 6.42 Å². The second-order valence-corrected chi connectivity index (χ2v) is 6.28. The molecule has 2 saturated heterocycles. The first-order valence-corrected chi connectivity index (χ1v) is 7.30. The minimum Gasteiger partial charge on any atom is -0.326 e. The van der Waals surface area contributed by atoms with Crippen molar-refractivity contribution in [2.45, 2.75) is 51.1 Å². The van der Waals surface area contributed by atoms with Gasteiger partial charge in [0.2, 0.25) is 5.91 Å². The number of nitrogens with zero attached hydrogens (tertiary/aromatic N) is 1. The Bertz CT molecular complexity index is 640. The number of benzene rings is 1. The maximum Gasteiger partial charge on any atom is 0.223 e. The molecule has 0 spiro atoms. The van der Waals surface area contributed by atoms with Crippen molar-refractivity contribution in [1.29, 1.82) is 0 Å². The van der Waals surface area contributed by atoms with Crippen LogP contribution < -0.4 is 0 Å². The SMILES string of the molecule is C=C(C)[C@H]1CC[C@]2(c3cc(F)c(F)cc3C)CCC(=O)N12. The van der Waals surface area contributed by atoms with E-state index in [1.54, 1.807) is 6.92 Å². The Morgan fingerprint density at radius 1 is 1.33 bits per heavy atom. The van der Waals surface area contributed by atoms with Crippen LogP contribution in [0.2, 0.25) is 0 Å². The predicted molar refractivity (Wildman–Crippen MR) is 76.7 cm³/mol. The molecule has 1 aromatic carbocycles. The van der Waals surface area contributed by atoms with E-state index in [4.69, 9.17) is 0 Å². The molecule has 2 fully saturated rings. The van der Waals surface area contributed by atoms with Crippen LogP contribution >= 0.6 is 0 Å². The van der Waals surface area contributed by atoms with E-state index in [1.165, 1.54) is 12.1 Å². The zero-order chi connectivity index (χ0) is 15.4. The molecule has 2 aliphatic heterocycles. The van der Waals surface area contributed by atoms with Gasteiger partial charge in [-0.25, -0.2) is 8.78 Å². The van der Waals surface area contributed by atoms with Crippen LogP contribution in [0.4, 0.5) is 8.78 Å². The van der Waals surface area contributed by atoms with Gasteiger partial charge in [-0.2, -0.15) is 0 Å². The first-order valence-electron chi connectivity index (χ1n) is 7.30. The van der Waals surface area contributed by atoms with Crippen molar-refractivity contribution >= 4 is 5.91 Å². The Morgan fingerprint density at radius 3 is 2.67 bits per heavy atom. The molecule has 112 valence electrons. The lowest BCUT2D eigenvalue weighted by atomic mass is 9.83. The summed E-state index contributed by atoms with van der Waals surface area (Å²) in [5, 5.41) is 0. The number of halogens is 2. The van der Waals surface area contributed by atoms with Crippen LogP contribution in [-0.4, -0.2) is 16.8 Å². The highest BCUT2D eigenvalue weighted by atomic mass is 19.2. The average molecular weight is 291 g/mol. The van der Waals surface area contributed by atoms with Gasteiger partial charge in [0.15, 0.2) is 11.6 Å². The first kappa shape index (κ1) is 14.2. The van der Waals surface area contributed by atoms with E-state index in [0.717, 1.165) is 24.0 Å². The van der Waals surface area contributed by atoms with Crippen LogP contribution in [0.25, 0.3) is 0 Å². The van der Waals surface area contributed by atoms with Crippen LogP contribution in [0.3, 0.4) is 0 Å². The minimum atomic E-state index is -0.844. The highest BCUT2D eigenvalue weighted by Crippen LogP contribution is 2.52. The number of carbonyl (C=O) groups is 1. The summed E-state index contributed by atoms with van der Waals surface area (Å²) < 4.78 is 27.1. The summed E-state index contributed by atoms with van der Waals surface area (Å²) in [5.74, 6) is -1.59. The van der Waals surface area contributed by atoms with Crippen LogP contribution in [0.5, 0.6) is 0 Å². The summed E-state index contributed by atoms with van der Waals surface area (Å²) >= 11 is 0. The third-order valence-corrected chi connectivity index (χ3v) is 4.96. The standard InChI is InChI=1S/C17H19F2NO/c1-10(2)15-4-6-17(7-5-16(21)20(15)17)12-9-14(19)13(18)8-11(12)3/h8-9,15H,1,4-7H2,2-3H3/t15-,17-/m1/s1. The van der Waals surface area contributed by atoms with Gasteiger partial charge in [-0.1, -0.05) is 12.2 Å². The normalized spacial score (nSPS) is 28.1. The Hall–Kier alpha value is -1.71. The van der Waals surface area contributed by atoms with Gasteiger partial charge in [-0.05, 0) is 56.4 Å². The number of hydrogen-bond donors (Lipinski definition) is 0. The number of fused-ring (bicyclic) bond motifs is 1. The van der Waals surface area contributed by atoms with Crippen LogP contribution in [0.1, 0.15) is 43.7 Å². The fourth-order valence-electron chi connectivity index (χ4n) is 4.03. The van der Waals surface area contributed by atoms with Crippen molar-refractivity contribution in [2.24, 2.45) is 0 Å². The summed E-state index contributed by atoms with van der Waals surface area (Å²) in [5.41, 5.74) is 1.92. The van der Waals surface area contributed by atoms with Gasteiger partial charge in [0.05, 0.1) is 11.6 Å². The van der Waals surface area contributed by atoms with Gasteiger partial charge >= 0.3 is 0 Å². The fraction of sp³-hybridized carbons (Fsp3) is 0.471. The van der Waals surface area contributed by atoms with Crippen LogP contribution in [0.15, 0.2) is 24.3 Å². The Balaban J connectivity index is 2.14. The molecule has 0 aliphatic carbocycles. The summed E-state index contributed by atoms with van der Waals surface area (Å²) in [6.07, 6.45) is 2.74. The van der Waals surface area contributed by atoms with Crippen molar-refractivity contribution in [2.75, 3.05) is 0 Å². The molecule has 2 aliphatic rings. The summed E-state index contributed by atoms with van der Waals surface area (Å²) in [7, 11) is 0. The van der Waals surface area contributed by atoms with Gasteiger partial charge < -0.3 is 4.90 Å². The van der Waals surface area contributed by atoms with E-state index in [1.807, 2.05) is 11.8 Å². The first-order chi connectivity index (χ1) is 9.86. The molecule has 0 radical (unpaired) electrons. The highest BCUT2D eigenvalue weighted by Gasteiger charge is 2.54. The molecule has 1 aromatic rings. The molecule has 0 saturated carbocycles. The maximum absolute atomic E-state index is 13.7. The largest absolute Gasteiger partial charge is 0.326 e. The highest BCUT2D eigenvalue weighted by molar-refractivity contribution is 5.81. The zero-order valence-corrected chi connectivity index (χ0v) is 12.4. The van der Waals surface area contributed by atoms with E-state index in [-0.39, 0.29) is 11.9 Å². The van der Waals surface area contributed by atoms with E-state index < -0.39 is 17.2 Å². The minimum absolute atomic E-state index is 0.00696. The van der Waals surface area contributed by atoms with Crippen molar-refractivity contribution in [1.82, 2.24) is 4.90 Å². The molecule has 4 heteroatoms. The molecule has 2 atom stereocenters. The molecule has 1 amide bonds. The van der Waals surface area contributed by atoms with Gasteiger partial charge in [0.1, 0.15) is 0 Å². The van der Waals surface area contributed by atoms with Crippen LogP contribution in [-0.2, 0) is 10.3 Å². The van der Waals surface area contributed by atoms with Crippen LogP contribution in [0, 0.1) is 18.6 Å². The molecule has 0 unspecified atom stereocenters. The van der Waals surface area contributed by atoms with Crippen molar-refractivity contribution < 1.29 is 13.6 Å². The second-order valence-electron chi connectivity index (χ2n) is 6.28. The lowest BCUT2D eigenvalue weighted by Crippen LogP contribution is -2.43. The van der Waals surface area contributed by atoms with Gasteiger partial charge in [-0.15, -0.1) is 0 Å². The molecule has 3 rings (SSSR count).